The van der Waals surface area contributed by atoms with E-state index in [4.69, 9.17) is 21.1 Å². The predicted molar refractivity (Wildman–Crippen MR) is 98.6 cm³/mol. The van der Waals surface area contributed by atoms with Crippen LogP contribution in [0, 0.1) is 5.92 Å². The van der Waals surface area contributed by atoms with E-state index in [2.05, 4.69) is 22.5 Å². The fourth-order valence-corrected chi connectivity index (χ4v) is 2.57. The first-order chi connectivity index (χ1) is 11.8. The molecule has 1 aliphatic heterocycles. The van der Waals surface area contributed by atoms with Gasteiger partial charge in [0.1, 0.15) is 0 Å². The van der Waals surface area contributed by atoms with E-state index >= 15 is 0 Å². The van der Waals surface area contributed by atoms with Crippen molar-refractivity contribution in [3.05, 3.63) is 34.9 Å². The van der Waals surface area contributed by atoms with Gasteiger partial charge >= 0.3 is 0 Å². The van der Waals surface area contributed by atoms with E-state index in [0.717, 1.165) is 68.9 Å². The minimum atomic E-state index is 0.580. The molecule has 1 atom stereocenters. The molecule has 1 heterocycles. The highest BCUT2D eigenvalue weighted by Gasteiger charge is 2.15. The molecule has 0 aliphatic carbocycles. The molecule has 2 rings (SSSR count). The second-order valence-electron chi connectivity index (χ2n) is 5.91. The van der Waals surface area contributed by atoms with Gasteiger partial charge in [-0.3, -0.25) is 0 Å². The molecule has 1 fully saturated rings. The molecule has 0 amide bonds. The van der Waals surface area contributed by atoms with E-state index in [9.17, 15) is 0 Å². The highest BCUT2D eigenvalue weighted by Crippen LogP contribution is 2.12. The standard InChI is InChI=1S/C18H28ClN3O2/c1-2-20-18(22-12-15-4-6-17(19)7-5-15)21-9-3-10-23-13-16-8-11-24-14-16/h4-7,16H,2-3,8-14H2,1H3,(H2,20,21,22). The molecule has 0 bridgehead atoms. The summed E-state index contributed by atoms with van der Waals surface area (Å²) in [6, 6.07) is 7.77. The Morgan fingerprint density at radius 1 is 1.33 bits per heavy atom. The maximum Gasteiger partial charge on any atom is 0.191 e. The van der Waals surface area contributed by atoms with Crippen molar-refractivity contribution in [1.29, 1.82) is 0 Å². The summed E-state index contributed by atoms with van der Waals surface area (Å²) in [7, 11) is 0. The summed E-state index contributed by atoms with van der Waals surface area (Å²) in [6.45, 7) is 7.67. The molecule has 1 aromatic carbocycles. The van der Waals surface area contributed by atoms with Gasteiger partial charge in [0.05, 0.1) is 19.8 Å². The first-order valence-electron chi connectivity index (χ1n) is 8.70. The molecular weight excluding hydrogens is 326 g/mol. The molecule has 0 saturated carbocycles. The number of hydrogen-bond donors (Lipinski definition) is 2. The van der Waals surface area contributed by atoms with Crippen LogP contribution < -0.4 is 10.6 Å². The van der Waals surface area contributed by atoms with Crippen LogP contribution in [-0.4, -0.2) is 45.5 Å². The molecule has 1 saturated heterocycles. The number of aliphatic imine (C=N–C) groups is 1. The van der Waals surface area contributed by atoms with Gasteiger partial charge < -0.3 is 20.1 Å². The van der Waals surface area contributed by atoms with Crippen LogP contribution in [0.1, 0.15) is 25.3 Å². The molecule has 134 valence electrons. The minimum absolute atomic E-state index is 0.580. The maximum atomic E-state index is 5.90. The van der Waals surface area contributed by atoms with Crippen molar-refractivity contribution >= 4 is 17.6 Å². The van der Waals surface area contributed by atoms with Crippen molar-refractivity contribution in [2.75, 3.05) is 39.5 Å². The summed E-state index contributed by atoms with van der Waals surface area (Å²) in [5.74, 6) is 1.41. The molecule has 6 heteroatoms. The molecule has 1 aromatic rings. The van der Waals surface area contributed by atoms with Gasteiger partial charge in [0.2, 0.25) is 0 Å². The molecular formula is C18H28ClN3O2. The lowest BCUT2D eigenvalue weighted by Crippen LogP contribution is -2.38. The Morgan fingerprint density at radius 2 is 2.17 bits per heavy atom. The Bertz CT molecular complexity index is 488. The van der Waals surface area contributed by atoms with E-state index in [0.29, 0.717) is 12.5 Å². The highest BCUT2D eigenvalue weighted by molar-refractivity contribution is 6.30. The summed E-state index contributed by atoms with van der Waals surface area (Å²) < 4.78 is 11.0. The molecule has 0 spiro atoms. The van der Waals surface area contributed by atoms with Crippen molar-refractivity contribution in [3.8, 4) is 0 Å². The quantitative estimate of drug-likeness (QED) is 0.407. The zero-order valence-corrected chi connectivity index (χ0v) is 15.1. The largest absolute Gasteiger partial charge is 0.381 e. The third-order valence-corrected chi connectivity index (χ3v) is 4.06. The van der Waals surface area contributed by atoms with Gasteiger partial charge in [-0.2, -0.15) is 0 Å². The number of benzene rings is 1. The number of nitrogens with one attached hydrogen (secondary N) is 2. The lowest BCUT2D eigenvalue weighted by molar-refractivity contribution is 0.0888. The van der Waals surface area contributed by atoms with Crippen molar-refractivity contribution in [2.45, 2.75) is 26.3 Å². The lowest BCUT2D eigenvalue weighted by Gasteiger charge is -2.12. The Morgan fingerprint density at radius 3 is 2.88 bits per heavy atom. The van der Waals surface area contributed by atoms with Crippen LogP contribution >= 0.6 is 11.6 Å². The molecule has 1 aliphatic rings. The Hall–Kier alpha value is -1.30. The van der Waals surface area contributed by atoms with E-state index in [1.165, 1.54) is 0 Å². The highest BCUT2D eigenvalue weighted by atomic mass is 35.5. The molecule has 2 N–H and O–H groups in total. The topological polar surface area (TPSA) is 54.9 Å². The van der Waals surface area contributed by atoms with Crippen molar-refractivity contribution in [1.82, 2.24) is 10.6 Å². The number of hydrogen-bond acceptors (Lipinski definition) is 3. The van der Waals surface area contributed by atoms with Gasteiger partial charge in [0, 0.05) is 37.2 Å². The van der Waals surface area contributed by atoms with Crippen LogP contribution in [0.5, 0.6) is 0 Å². The second kappa shape index (κ2) is 11.3. The fraction of sp³-hybridized carbons (Fsp3) is 0.611. The number of halogens is 1. The minimum Gasteiger partial charge on any atom is -0.381 e. The average Bonchev–Trinajstić information content (AvgIpc) is 3.10. The first-order valence-corrected chi connectivity index (χ1v) is 9.08. The van der Waals surface area contributed by atoms with Crippen molar-refractivity contribution in [3.63, 3.8) is 0 Å². The van der Waals surface area contributed by atoms with E-state index in [-0.39, 0.29) is 0 Å². The molecule has 5 nitrogen and oxygen atoms in total. The third kappa shape index (κ3) is 7.51. The molecule has 0 radical (unpaired) electrons. The summed E-state index contributed by atoms with van der Waals surface area (Å²) in [5.41, 5.74) is 1.14. The SMILES string of the molecule is CCNC(=NCc1ccc(Cl)cc1)NCCCOCC1CCOC1. The van der Waals surface area contributed by atoms with Crippen LogP contribution in [0.4, 0.5) is 0 Å². The Labute approximate surface area is 149 Å². The number of nitrogens with zero attached hydrogens (tertiary/aromatic N) is 1. The van der Waals surface area contributed by atoms with Crippen molar-refractivity contribution in [2.24, 2.45) is 10.9 Å². The number of ether oxygens (including phenoxy) is 2. The Kier molecular flexibility index (Phi) is 8.95. The lowest BCUT2D eigenvalue weighted by atomic mass is 10.1. The zero-order valence-electron chi connectivity index (χ0n) is 14.4. The van der Waals surface area contributed by atoms with E-state index in [1.807, 2.05) is 24.3 Å². The van der Waals surface area contributed by atoms with Crippen LogP contribution in [0.2, 0.25) is 5.02 Å². The summed E-state index contributed by atoms with van der Waals surface area (Å²) in [5, 5.41) is 7.34. The molecule has 0 aromatic heterocycles. The van der Waals surface area contributed by atoms with Crippen LogP contribution in [0.15, 0.2) is 29.3 Å². The first kappa shape index (κ1) is 19.0. The normalized spacial score (nSPS) is 17.9. The second-order valence-corrected chi connectivity index (χ2v) is 6.34. The number of guanidine groups is 1. The predicted octanol–water partition coefficient (Wildman–Crippen LogP) is 2.84. The monoisotopic (exact) mass is 353 g/mol. The Balaban J connectivity index is 1.62. The summed E-state index contributed by atoms with van der Waals surface area (Å²) in [4.78, 5) is 4.59. The van der Waals surface area contributed by atoms with Crippen molar-refractivity contribution < 1.29 is 9.47 Å². The molecule has 1 unspecified atom stereocenters. The van der Waals surface area contributed by atoms with Crippen LogP contribution in [0.25, 0.3) is 0 Å². The number of rotatable bonds is 9. The van der Waals surface area contributed by atoms with E-state index < -0.39 is 0 Å². The van der Waals surface area contributed by atoms with Crippen LogP contribution in [0.3, 0.4) is 0 Å². The van der Waals surface area contributed by atoms with Gasteiger partial charge in [-0.25, -0.2) is 4.99 Å². The third-order valence-electron chi connectivity index (χ3n) is 3.81. The van der Waals surface area contributed by atoms with Crippen LogP contribution in [-0.2, 0) is 16.0 Å². The van der Waals surface area contributed by atoms with E-state index in [1.54, 1.807) is 0 Å². The summed E-state index contributed by atoms with van der Waals surface area (Å²) in [6.07, 6.45) is 2.08. The van der Waals surface area contributed by atoms with Gasteiger partial charge in [-0.15, -0.1) is 0 Å². The smallest absolute Gasteiger partial charge is 0.191 e. The van der Waals surface area contributed by atoms with Gasteiger partial charge in [-0.1, -0.05) is 23.7 Å². The van der Waals surface area contributed by atoms with Gasteiger partial charge in [0.15, 0.2) is 5.96 Å². The van der Waals surface area contributed by atoms with Gasteiger partial charge in [-0.05, 0) is 37.5 Å². The molecule has 24 heavy (non-hydrogen) atoms. The van der Waals surface area contributed by atoms with Gasteiger partial charge in [0.25, 0.3) is 0 Å². The average molecular weight is 354 g/mol. The maximum absolute atomic E-state index is 5.90. The zero-order chi connectivity index (χ0) is 17.0. The summed E-state index contributed by atoms with van der Waals surface area (Å²) >= 11 is 5.90. The fourth-order valence-electron chi connectivity index (χ4n) is 2.45.